The van der Waals surface area contributed by atoms with E-state index in [1.165, 1.54) is 25.7 Å². The minimum atomic E-state index is 0.490. The summed E-state index contributed by atoms with van der Waals surface area (Å²) in [6, 6.07) is 4.29. The number of hydrogen-bond acceptors (Lipinski definition) is 3. The molecule has 1 aliphatic rings. The Morgan fingerprint density at radius 2 is 2.24 bits per heavy atom. The molecule has 1 aromatic heterocycles. The molecule has 1 heterocycles. The van der Waals surface area contributed by atoms with Crippen LogP contribution in [0.25, 0.3) is 0 Å². The van der Waals surface area contributed by atoms with Crippen LogP contribution in [0.3, 0.4) is 0 Å². The van der Waals surface area contributed by atoms with Crippen molar-refractivity contribution in [1.29, 1.82) is 5.26 Å². The van der Waals surface area contributed by atoms with Gasteiger partial charge in [-0.2, -0.15) is 5.26 Å². The number of nitriles is 1. The molecule has 0 atom stereocenters. The molecule has 1 fully saturated rings. The minimum Gasteiger partial charge on any atom is -0.353 e. The fourth-order valence-electron chi connectivity index (χ4n) is 2.52. The van der Waals surface area contributed by atoms with E-state index in [9.17, 15) is 0 Å². The van der Waals surface area contributed by atoms with Gasteiger partial charge in [0.05, 0.1) is 5.56 Å². The Bertz CT molecular complexity index is 433. The Balaban J connectivity index is 2.33. The van der Waals surface area contributed by atoms with E-state index >= 15 is 0 Å². The van der Waals surface area contributed by atoms with E-state index < -0.39 is 0 Å². The molecule has 1 aromatic rings. The third-order valence-electron chi connectivity index (χ3n) is 3.37. The van der Waals surface area contributed by atoms with E-state index in [1.807, 2.05) is 0 Å². The Hall–Kier alpha value is -1.27. The number of rotatable bonds is 3. The second kappa shape index (κ2) is 5.37. The third-order valence-corrected chi connectivity index (χ3v) is 3.74. The van der Waals surface area contributed by atoms with Crippen molar-refractivity contribution in [1.82, 2.24) is 4.98 Å². The standard InChI is InChI=1S/C13H16ClN3/c1-2-17(11-5-3-4-6-11)13-12(14)10(9-15)7-8-16-13/h7-8,11H,2-6H2,1H3. The summed E-state index contributed by atoms with van der Waals surface area (Å²) in [5.74, 6) is 0.764. The van der Waals surface area contributed by atoms with Gasteiger partial charge in [0.1, 0.15) is 16.9 Å². The molecule has 0 bridgehead atoms. The second-order valence-corrected chi connectivity index (χ2v) is 4.71. The molecule has 1 aliphatic carbocycles. The summed E-state index contributed by atoms with van der Waals surface area (Å²) in [6.07, 6.45) is 6.61. The number of aromatic nitrogens is 1. The van der Waals surface area contributed by atoms with E-state index in [0.29, 0.717) is 16.6 Å². The molecule has 0 aromatic carbocycles. The van der Waals surface area contributed by atoms with E-state index in [-0.39, 0.29) is 0 Å². The third kappa shape index (κ3) is 2.37. The van der Waals surface area contributed by atoms with Crippen LogP contribution in [-0.2, 0) is 0 Å². The maximum atomic E-state index is 8.98. The van der Waals surface area contributed by atoms with E-state index in [1.54, 1.807) is 12.3 Å². The van der Waals surface area contributed by atoms with Gasteiger partial charge in [0, 0.05) is 18.8 Å². The summed E-state index contributed by atoms with van der Waals surface area (Å²) < 4.78 is 0. The lowest BCUT2D eigenvalue weighted by Crippen LogP contribution is -2.34. The monoisotopic (exact) mass is 249 g/mol. The van der Waals surface area contributed by atoms with Crippen LogP contribution in [-0.4, -0.2) is 17.6 Å². The molecule has 0 N–H and O–H groups in total. The highest BCUT2D eigenvalue weighted by Gasteiger charge is 2.24. The quantitative estimate of drug-likeness (QED) is 0.825. The molecule has 90 valence electrons. The first-order valence-corrected chi connectivity index (χ1v) is 6.47. The number of halogens is 1. The fourth-order valence-corrected chi connectivity index (χ4v) is 2.78. The first kappa shape index (κ1) is 12.2. The molecule has 3 nitrogen and oxygen atoms in total. The van der Waals surface area contributed by atoms with Crippen molar-refractivity contribution >= 4 is 17.4 Å². The molecule has 0 spiro atoms. The summed E-state index contributed by atoms with van der Waals surface area (Å²) in [6.45, 7) is 2.99. The summed E-state index contributed by atoms with van der Waals surface area (Å²) >= 11 is 6.23. The van der Waals surface area contributed by atoms with Crippen LogP contribution in [0.15, 0.2) is 12.3 Å². The van der Waals surface area contributed by atoms with Crippen LogP contribution in [0.1, 0.15) is 38.2 Å². The summed E-state index contributed by atoms with van der Waals surface area (Å²) in [5, 5.41) is 9.47. The van der Waals surface area contributed by atoms with Gasteiger partial charge in [0.25, 0.3) is 0 Å². The van der Waals surface area contributed by atoms with Gasteiger partial charge in [-0.05, 0) is 25.8 Å². The highest BCUT2D eigenvalue weighted by molar-refractivity contribution is 6.34. The van der Waals surface area contributed by atoms with Crippen LogP contribution in [0.5, 0.6) is 0 Å². The maximum absolute atomic E-state index is 8.98. The van der Waals surface area contributed by atoms with Gasteiger partial charge in [0.15, 0.2) is 0 Å². The zero-order valence-corrected chi connectivity index (χ0v) is 10.7. The van der Waals surface area contributed by atoms with Crippen LogP contribution in [0, 0.1) is 11.3 Å². The van der Waals surface area contributed by atoms with Gasteiger partial charge in [0.2, 0.25) is 0 Å². The highest BCUT2D eigenvalue weighted by Crippen LogP contribution is 2.32. The highest BCUT2D eigenvalue weighted by atomic mass is 35.5. The van der Waals surface area contributed by atoms with Gasteiger partial charge in [-0.25, -0.2) is 4.98 Å². The minimum absolute atomic E-state index is 0.490. The van der Waals surface area contributed by atoms with E-state index in [4.69, 9.17) is 16.9 Å². The number of pyridine rings is 1. The molecular weight excluding hydrogens is 234 g/mol. The molecule has 0 saturated heterocycles. The Kier molecular flexibility index (Phi) is 3.86. The SMILES string of the molecule is CCN(c1nccc(C#N)c1Cl)C1CCCC1. The van der Waals surface area contributed by atoms with E-state index in [0.717, 1.165) is 12.4 Å². The zero-order valence-electron chi connectivity index (χ0n) is 9.99. The zero-order chi connectivity index (χ0) is 12.3. The van der Waals surface area contributed by atoms with Crippen molar-refractivity contribution in [3.63, 3.8) is 0 Å². The normalized spacial score (nSPS) is 15.8. The van der Waals surface area contributed by atoms with Crippen molar-refractivity contribution in [2.24, 2.45) is 0 Å². The van der Waals surface area contributed by atoms with Crippen molar-refractivity contribution in [2.45, 2.75) is 38.6 Å². The van der Waals surface area contributed by atoms with Gasteiger partial charge < -0.3 is 4.90 Å². The largest absolute Gasteiger partial charge is 0.353 e. The average molecular weight is 250 g/mol. The molecule has 1 saturated carbocycles. The average Bonchev–Trinajstić information content (AvgIpc) is 2.86. The lowest BCUT2D eigenvalue weighted by Gasteiger charge is -2.29. The molecule has 0 radical (unpaired) electrons. The number of nitrogens with zero attached hydrogens (tertiary/aromatic N) is 3. The van der Waals surface area contributed by atoms with E-state index in [2.05, 4.69) is 22.9 Å². The molecule has 0 aliphatic heterocycles. The summed E-state index contributed by atoms with van der Waals surface area (Å²) in [5.41, 5.74) is 0.508. The van der Waals surface area contributed by atoms with Crippen molar-refractivity contribution in [3.8, 4) is 6.07 Å². The molecular formula is C13H16ClN3. The number of hydrogen-bond donors (Lipinski definition) is 0. The molecule has 17 heavy (non-hydrogen) atoms. The van der Waals surface area contributed by atoms with Gasteiger partial charge in [-0.1, -0.05) is 24.4 Å². The first-order valence-electron chi connectivity index (χ1n) is 6.09. The second-order valence-electron chi connectivity index (χ2n) is 4.33. The first-order chi connectivity index (χ1) is 8.27. The Morgan fingerprint density at radius 1 is 1.53 bits per heavy atom. The predicted molar refractivity (Wildman–Crippen MR) is 69.2 cm³/mol. The molecule has 2 rings (SSSR count). The summed E-state index contributed by atoms with van der Waals surface area (Å²) in [7, 11) is 0. The fraction of sp³-hybridized carbons (Fsp3) is 0.538. The Labute approximate surface area is 107 Å². The lowest BCUT2D eigenvalue weighted by molar-refractivity contribution is 0.613. The van der Waals surface area contributed by atoms with Crippen molar-refractivity contribution in [2.75, 3.05) is 11.4 Å². The predicted octanol–water partition coefficient (Wildman–Crippen LogP) is 3.38. The van der Waals surface area contributed by atoms with Crippen LogP contribution >= 0.6 is 11.6 Å². The van der Waals surface area contributed by atoms with Crippen LogP contribution < -0.4 is 4.90 Å². The van der Waals surface area contributed by atoms with Crippen LogP contribution in [0.4, 0.5) is 5.82 Å². The maximum Gasteiger partial charge on any atom is 0.148 e. The Morgan fingerprint density at radius 3 is 2.82 bits per heavy atom. The van der Waals surface area contributed by atoms with Gasteiger partial charge in [-0.15, -0.1) is 0 Å². The topological polar surface area (TPSA) is 39.9 Å². The number of anilines is 1. The smallest absolute Gasteiger partial charge is 0.148 e. The van der Waals surface area contributed by atoms with Crippen LogP contribution in [0.2, 0.25) is 5.02 Å². The molecule has 0 amide bonds. The molecule has 4 heteroatoms. The van der Waals surface area contributed by atoms with Gasteiger partial charge >= 0.3 is 0 Å². The summed E-state index contributed by atoms with van der Waals surface area (Å²) in [4.78, 5) is 6.58. The van der Waals surface area contributed by atoms with Crippen molar-refractivity contribution in [3.05, 3.63) is 22.8 Å². The lowest BCUT2D eigenvalue weighted by atomic mass is 10.2. The van der Waals surface area contributed by atoms with Gasteiger partial charge in [-0.3, -0.25) is 0 Å². The van der Waals surface area contributed by atoms with Crippen molar-refractivity contribution < 1.29 is 0 Å². The molecule has 0 unspecified atom stereocenters.